The maximum Gasteiger partial charge on any atom is 0.159 e. The van der Waals surface area contributed by atoms with Crippen LogP contribution < -0.4 is 5.32 Å². The summed E-state index contributed by atoms with van der Waals surface area (Å²) >= 11 is 0. The fourth-order valence-electron chi connectivity index (χ4n) is 7.22. The lowest BCUT2D eigenvalue weighted by atomic mass is 9.91. The zero-order valence-corrected chi connectivity index (χ0v) is 29.4. The third-order valence-electron chi connectivity index (χ3n) is 10.0. The second-order valence-electron chi connectivity index (χ2n) is 13.4. The van der Waals surface area contributed by atoms with Gasteiger partial charge in [-0.2, -0.15) is 5.26 Å². The number of nitrogens with zero attached hydrogens (tertiary/aromatic N) is 3. The predicted molar refractivity (Wildman–Crippen MR) is 222 cm³/mol. The van der Waals surface area contributed by atoms with E-state index in [1.165, 1.54) is 21.9 Å². The van der Waals surface area contributed by atoms with Crippen molar-refractivity contribution in [1.29, 1.82) is 5.26 Å². The van der Waals surface area contributed by atoms with Gasteiger partial charge in [-0.25, -0.2) is 9.98 Å². The maximum absolute atomic E-state index is 9.37. The predicted octanol–water partition coefficient (Wildman–Crippen LogP) is 11.9. The van der Waals surface area contributed by atoms with Crippen LogP contribution in [-0.2, 0) is 0 Å². The van der Waals surface area contributed by atoms with E-state index in [9.17, 15) is 5.26 Å². The summed E-state index contributed by atoms with van der Waals surface area (Å²) in [5.41, 5.74) is 12.7. The molecule has 1 N–H and O–H groups in total. The van der Waals surface area contributed by atoms with Crippen molar-refractivity contribution < 1.29 is 0 Å². The standard InChI is InChI=1S/C50H34N4/c51-33-34-11-9-16-41(31-34)37-21-25-38(26-22-37)44-29-30-45(47-20-8-7-19-46(44)47)42-17-10-18-43(32-42)50-53-48(39-14-5-2-6-15-39)52-49(54-50)40-27-23-36(24-28-40)35-12-3-1-4-13-35/h1-32,48H,(H,52,53,54). The van der Waals surface area contributed by atoms with Crippen LogP contribution >= 0.6 is 0 Å². The first-order valence-corrected chi connectivity index (χ1v) is 18.1. The van der Waals surface area contributed by atoms with E-state index in [4.69, 9.17) is 9.98 Å². The Hall–Kier alpha value is -7.35. The summed E-state index contributed by atoms with van der Waals surface area (Å²) < 4.78 is 0. The molecule has 0 amide bonds. The Labute approximate surface area is 315 Å². The highest BCUT2D eigenvalue weighted by Gasteiger charge is 2.21. The van der Waals surface area contributed by atoms with Gasteiger partial charge in [0.05, 0.1) is 11.6 Å². The summed E-state index contributed by atoms with van der Waals surface area (Å²) in [5.74, 6) is 1.48. The van der Waals surface area contributed by atoms with Crippen molar-refractivity contribution >= 4 is 22.4 Å². The summed E-state index contributed by atoms with van der Waals surface area (Å²) in [6.45, 7) is 0. The smallest absolute Gasteiger partial charge is 0.159 e. The number of hydrogen-bond acceptors (Lipinski definition) is 4. The third-order valence-corrected chi connectivity index (χ3v) is 10.0. The van der Waals surface area contributed by atoms with Crippen molar-refractivity contribution in [1.82, 2.24) is 5.32 Å². The molecule has 9 rings (SSSR count). The first kappa shape index (κ1) is 32.6. The van der Waals surface area contributed by atoms with Gasteiger partial charge >= 0.3 is 0 Å². The minimum Gasteiger partial charge on any atom is -0.344 e. The van der Waals surface area contributed by atoms with Gasteiger partial charge in [0.15, 0.2) is 5.84 Å². The van der Waals surface area contributed by atoms with Gasteiger partial charge in [-0.05, 0) is 79.0 Å². The molecule has 4 nitrogen and oxygen atoms in total. The largest absolute Gasteiger partial charge is 0.344 e. The molecule has 0 aliphatic carbocycles. The molecule has 0 radical (unpaired) electrons. The van der Waals surface area contributed by atoms with Crippen LogP contribution in [0.5, 0.6) is 0 Å². The SMILES string of the molecule is N#Cc1cccc(-c2ccc(-c3ccc(-c4cccc(C5=NC(c6ccccc6)NC(c6ccc(-c7ccccc7)cc6)=N5)c4)c4ccccc34)cc2)c1. The third kappa shape index (κ3) is 6.47. The van der Waals surface area contributed by atoms with Crippen LogP contribution in [0.4, 0.5) is 0 Å². The van der Waals surface area contributed by atoms with Crippen molar-refractivity contribution in [2.24, 2.45) is 9.98 Å². The first-order chi connectivity index (χ1) is 26.7. The minimum atomic E-state index is -0.284. The van der Waals surface area contributed by atoms with E-state index < -0.39 is 0 Å². The van der Waals surface area contributed by atoms with E-state index in [1.54, 1.807) is 0 Å². The highest BCUT2D eigenvalue weighted by molar-refractivity contribution is 6.14. The fourth-order valence-corrected chi connectivity index (χ4v) is 7.22. The Morgan fingerprint density at radius 3 is 1.65 bits per heavy atom. The fraction of sp³-hybridized carbons (Fsp3) is 0.0200. The van der Waals surface area contributed by atoms with Crippen LogP contribution in [-0.4, -0.2) is 11.7 Å². The van der Waals surface area contributed by atoms with Gasteiger partial charge in [0.1, 0.15) is 12.0 Å². The molecule has 1 aliphatic heterocycles. The highest BCUT2D eigenvalue weighted by Crippen LogP contribution is 2.37. The first-order valence-electron chi connectivity index (χ1n) is 18.1. The summed E-state index contributed by atoms with van der Waals surface area (Å²) in [5, 5.41) is 15.3. The molecule has 0 saturated carbocycles. The van der Waals surface area contributed by atoms with Crippen LogP contribution in [0.2, 0.25) is 0 Å². The minimum absolute atomic E-state index is 0.284. The van der Waals surface area contributed by atoms with E-state index in [0.717, 1.165) is 55.9 Å². The number of nitrogens with one attached hydrogen (secondary N) is 1. The van der Waals surface area contributed by atoms with Crippen LogP contribution in [0.1, 0.15) is 28.4 Å². The topological polar surface area (TPSA) is 60.5 Å². The molecule has 1 atom stereocenters. The highest BCUT2D eigenvalue weighted by atomic mass is 15.2. The maximum atomic E-state index is 9.37. The van der Waals surface area contributed by atoms with Crippen molar-refractivity contribution in [2.45, 2.75) is 6.17 Å². The molecule has 4 heteroatoms. The normalized spacial score (nSPS) is 13.7. The monoisotopic (exact) mass is 690 g/mol. The van der Waals surface area contributed by atoms with Crippen molar-refractivity contribution in [3.8, 4) is 50.6 Å². The van der Waals surface area contributed by atoms with Gasteiger partial charge in [0, 0.05) is 11.1 Å². The molecule has 54 heavy (non-hydrogen) atoms. The zero-order chi connectivity index (χ0) is 36.3. The molecular weight excluding hydrogens is 657 g/mol. The van der Waals surface area contributed by atoms with Gasteiger partial charge in [-0.3, -0.25) is 0 Å². The number of amidine groups is 2. The van der Waals surface area contributed by atoms with Crippen LogP contribution in [0, 0.1) is 11.3 Å². The summed E-state index contributed by atoms with van der Waals surface area (Å²) in [7, 11) is 0. The summed E-state index contributed by atoms with van der Waals surface area (Å²) in [6.07, 6.45) is -0.284. The van der Waals surface area contributed by atoms with Gasteiger partial charge < -0.3 is 5.32 Å². The van der Waals surface area contributed by atoms with E-state index in [0.29, 0.717) is 11.4 Å². The molecule has 0 fully saturated rings. The molecule has 8 aromatic carbocycles. The average Bonchev–Trinajstić information content (AvgIpc) is 3.26. The second kappa shape index (κ2) is 14.3. The van der Waals surface area contributed by atoms with Crippen LogP contribution in [0.25, 0.3) is 55.3 Å². The Morgan fingerprint density at radius 2 is 0.944 bits per heavy atom. The lowest BCUT2D eigenvalue weighted by Gasteiger charge is -2.24. The lowest BCUT2D eigenvalue weighted by Crippen LogP contribution is -2.33. The number of fused-ring (bicyclic) bond motifs is 1. The number of nitriles is 1. The van der Waals surface area contributed by atoms with Crippen molar-refractivity contribution in [2.75, 3.05) is 0 Å². The Kier molecular flexibility index (Phi) is 8.65. The number of hydrogen-bond donors (Lipinski definition) is 1. The number of benzene rings is 8. The van der Waals surface area contributed by atoms with E-state index in [2.05, 4.69) is 157 Å². The van der Waals surface area contributed by atoms with Gasteiger partial charge in [-0.1, -0.05) is 176 Å². The molecule has 0 saturated heterocycles. The molecule has 0 aromatic heterocycles. The molecular formula is C50H34N4. The molecule has 1 heterocycles. The number of aliphatic imine (C=N–C) groups is 2. The Morgan fingerprint density at radius 1 is 0.426 bits per heavy atom. The molecule has 254 valence electrons. The molecule has 1 aliphatic rings. The number of rotatable bonds is 7. The van der Waals surface area contributed by atoms with Gasteiger partial charge in [-0.15, -0.1) is 0 Å². The van der Waals surface area contributed by atoms with Crippen molar-refractivity contribution in [3.05, 3.63) is 216 Å². The molecule has 0 spiro atoms. The molecule has 8 aromatic rings. The van der Waals surface area contributed by atoms with Gasteiger partial charge in [0.2, 0.25) is 0 Å². The zero-order valence-electron chi connectivity index (χ0n) is 29.4. The lowest BCUT2D eigenvalue weighted by molar-refractivity contribution is 0.674. The van der Waals surface area contributed by atoms with Crippen LogP contribution in [0.15, 0.2) is 204 Å². The van der Waals surface area contributed by atoms with Gasteiger partial charge in [0.25, 0.3) is 0 Å². The Bertz CT molecular complexity index is 2720. The summed E-state index contributed by atoms with van der Waals surface area (Å²) in [4.78, 5) is 10.3. The second-order valence-corrected chi connectivity index (χ2v) is 13.4. The average molecular weight is 691 g/mol. The molecule has 1 unspecified atom stereocenters. The van der Waals surface area contributed by atoms with Crippen LogP contribution in [0.3, 0.4) is 0 Å². The quantitative estimate of drug-likeness (QED) is 0.181. The molecule has 0 bridgehead atoms. The Balaban J connectivity index is 1.07. The van der Waals surface area contributed by atoms with E-state index in [1.807, 2.05) is 48.5 Å². The van der Waals surface area contributed by atoms with Crippen molar-refractivity contribution in [3.63, 3.8) is 0 Å². The summed E-state index contributed by atoms with van der Waals surface area (Å²) in [6, 6.07) is 69.5. The van der Waals surface area contributed by atoms with E-state index >= 15 is 0 Å². The van der Waals surface area contributed by atoms with E-state index in [-0.39, 0.29) is 6.17 Å².